The first kappa shape index (κ1) is 22.7. The molecule has 4 rings (SSSR count). The maximum atomic E-state index is 13.3. The first-order valence-electron chi connectivity index (χ1n) is 10.3. The van der Waals surface area contributed by atoms with Crippen LogP contribution in [0, 0.1) is 11.3 Å². The van der Waals surface area contributed by atoms with Crippen LogP contribution >= 0.6 is 0 Å². The van der Waals surface area contributed by atoms with E-state index in [9.17, 15) is 23.2 Å². The van der Waals surface area contributed by atoms with Gasteiger partial charge in [0.15, 0.2) is 5.78 Å². The first-order chi connectivity index (χ1) is 16.3. The van der Waals surface area contributed by atoms with Gasteiger partial charge in [-0.05, 0) is 55.5 Å². The van der Waals surface area contributed by atoms with Crippen LogP contribution in [0.5, 0.6) is 0 Å². The summed E-state index contributed by atoms with van der Waals surface area (Å²) in [7, 11) is 0. The molecule has 0 bridgehead atoms. The molecule has 1 N–H and O–H groups in total. The average molecular weight is 457 g/mol. The summed E-state index contributed by atoms with van der Waals surface area (Å²) in [5.41, 5.74) is 2.61. The zero-order chi connectivity index (χ0) is 24.3. The summed E-state index contributed by atoms with van der Waals surface area (Å²) in [5, 5.41) is 13.0. The van der Waals surface area contributed by atoms with Crippen molar-refractivity contribution in [2.75, 3.05) is 5.32 Å². The number of nitrogens with one attached hydrogen (secondary N) is 1. The number of nitriles is 1. The van der Waals surface area contributed by atoms with Crippen molar-refractivity contribution in [3.05, 3.63) is 95.6 Å². The van der Waals surface area contributed by atoms with Crippen LogP contribution in [0.4, 0.5) is 24.5 Å². The Kier molecular flexibility index (Phi) is 6.15. The van der Waals surface area contributed by atoms with Crippen molar-refractivity contribution < 1.29 is 18.0 Å². The summed E-state index contributed by atoms with van der Waals surface area (Å²) in [6, 6.07) is 21.1. The number of carbonyl (C=O) groups is 1. The van der Waals surface area contributed by atoms with Crippen LogP contribution < -0.4 is 5.32 Å². The lowest BCUT2D eigenvalue weighted by Crippen LogP contribution is -2.06. The Morgan fingerprint density at radius 3 is 2.47 bits per heavy atom. The van der Waals surface area contributed by atoms with Crippen LogP contribution in [0.1, 0.15) is 23.6 Å². The van der Waals surface area contributed by atoms with Crippen molar-refractivity contribution in [1.29, 1.82) is 5.26 Å². The molecule has 0 aliphatic heterocycles. The van der Waals surface area contributed by atoms with Gasteiger partial charge >= 0.3 is 6.18 Å². The van der Waals surface area contributed by atoms with E-state index in [0.29, 0.717) is 33.4 Å². The second-order valence-electron chi connectivity index (χ2n) is 7.61. The highest BCUT2D eigenvalue weighted by Gasteiger charge is 2.30. The average Bonchev–Trinajstić information content (AvgIpc) is 2.83. The van der Waals surface area contributed by atoms with Crippen LogP contribution in [0.15, 0.2) is 78.9 Å². The van der Waals surface area contributed by atoms with Crippen LogP contribution in [-0.2, 0) is 11.0 Å². The van der Waals surface area contributed by atoms with Gasteiger partial charge in [0.1, 0.15) is 0 Å². The number of carbonyl (C=O) groups excluding carboxylic acids is 1. The molecule has 0 aliphatic rings. The second-order valence-corrected chi connectivity index (χ2v) is 7.61. The van der Waals surface area contributed by atoms with Crippen molar-refractivity contribution in [2.45, 2.75) is 13.1 Å². The molecular formula is C27H18F3N3O. The molecule has 4 aromatic rings. The number of nitrogens with zero attached hydrogens (tertiary/aromatic N) is 2. The third-order valence-electron chi connectivity index (χ3n) is 5.14. The van der Waals surface area contributed by atoms with Gasteiger partial charge in [-0.1, -0.05) is 36.4 Å². The zero-order valence-electron chi connectivity index (χ0n) is 18.0. The van der Waals surface area contributed by atoms with E-state index in [2.05, 4.69) is 11.4 Å². The number of halogens is 3. The summed E-state index contributed by atoms with van der Waals surface area (Å²) in [5.74, 6) is -0.199. The third-order valence-corrected chi connectivity index (χ3v) is 5.14. The number of anilines is 2. The second kappa shape index (κ2) is 9.20. The molecule has 1 aromatic heterocycles. The van der Waals surface area contributed by atoms with E-state index in [-0.39, 0.29) is 11.5 Å². The lowest BCUT2D eigenvalue weighted by molar-refractivity contribution is -0.137. The number of hydrogen-bond acceptors (Lipinski definition) is 4. The summed E-state index contributed by atoms with van der Waals surface area (Å²) >= 11 is 0. The summed E-state index contributed by atoms with van der Waals surface area (Å²) in [6.07, 6.45) is -1.54. The standard InChI is InChI=1S/C27H18F3N3O/c1-17(34)10-12-22-25(19-6-3-2-4-7-19)33-24-13-11-18(16-31)14-23(24)26(22)32-21-9-5-8-20(15-21)27(28,29)30/h2-15H,1H3,(H,32,33)/b12-10+. The lowest BCUT2D eigenvalue weighted by atomic mass is 9.98. The monoisotopic (exact) mass is 457 g/mol. The molecule has 7 heteroatoms. The minimum atomic E-state index is -4.50. The first-order valence-corrected chi connectivity index (χ1v) is 10.3. The van der Waals surface area contributed by atoms with E-state index in [1.807, 2.05) is 30.3 Å². The van der Waals surface area contributed by atoms with Crippen molar-refractivity contribution >= 4 is 34.1 Å². The molecule has 3 aromatic carbocycles. The van der Waals surface area contributed by atoms with E-state index in [1.54, 1.807) is 24.3 Å². The number of pyridine rings is 1. The molecule has 0 unspecified atom stereocenters. The van der Waals surface area contributed by atoms with Crippen molar-refractivity contribution in [3.63, 3.8) is 0 Å². The molecular weight excluding hydrogens is 439 g/mol. The van der Waals surface area contributed by atoms with Gasteiger partial charge in [0, 0.05) is 22.2 Å². The summed E-state index contributed by atoms with van der Waals surface area (Å²) < 4.78 is 39.9. The summed E-state index contributed by atoms with van der Waals surface area (Å²) in [6.45, 7) is 1.40. The van der Waals surface area contributed by atoms with Gasteiger partial charge in [-0.15, -0.1) is 0 Å². The normalized spacial score (nSPS) is 11.5. The fraction of sp³-hybridized carbons (Fsp3) is 0.0741. The Balaban J connectivity index is 2.03. The maximum absolute atomic E-state index is 13.3. The number of hydrogen-bond donors (Lipinski definition) is 1. The van der Waals surface area contributed by atoms with E-state index in [0.717, 1.165) is 17.7 Å². The van der Waals surface area contributed by atoms with Crippen LogP contribution in [0.25, 0.3) is 28.2 Å². The number of ketones is 1. The fourth-order valence-corrected chi connectivity index (χ4v) is 3.58. The minimum absolute atomic E-state index is 0.199. The van der Waals surface area contributed by atoms with E-state index < -0.39 is 11.7 Å². The quantitative estimate of drug-likeness (QED) is 0.324. The highest BCUT2D eigenvalue weighted by molar-refractivity contribution is 6.03. The number of alkyl halides is 3. The number of rotatable bonds is 5. The molecule has 34 heavy (non-hydrogen) atoms. The van der Waals surface area contributed by atoms with Gasteiger partial charge in [0.25, 0.3) is 0 Å². The van der Waals surface area contributed by atoms with Crippen molar-refractivity contribution in [2.24, 2.45) is 0 Å². The highest BCUT2D eigenvalue weighted by Crippen LogP contribution is 2.38. The minimum Gasteiger partial charge on any atom is -0.354 e. The molecule has 168 valence electrons. The van der Waals surface area contributed by atoms with E-state index in [4.69, 9.17) is 4.98 Å². The predicted octanol–water partition coefficient (Wildman–Crippen LogP) is 7.14. The number of allylic oxidation sites excluding steroid dienone is 1. The SMILES string of the molecule is CC(=O)/C=C/c1c(-c2ccccc2)nc2ccc(C#N)cc2c1Nc1cccc(C(F)(F)F)c1. The van der Waals surface area contributed by atoms with E-state index in [1.165, 1.54) is 25.1 Å². The molecule has 0 atom stereocenters. The van der Waals surface area contributed by atoms with Crippen LogP contribution in [0.2, 0.25) is 0 Å². The van der Waals surface area contributed by atoms with Gasteiger partial charge in [0.2, 0.25) is 0 Å². The van der Waals surface area contributed by atoms with Gasteiger partial charge in [-0.2, -0.15) is 18.4 Å². The molecule has 0 amide bonds. The highest BCUT2D eigenvalue weighted by atomic mass is 19.4. The molecule has 1 heterocycles. The fourth-order valence-electron chi connectivity index (χ4n) is 3.58. The van der Waals surface area contributed by atoms with Crippen LogP contribution in [0.3, 0.4) is 0 Å². The van der Waals surface area contributed by atoms with Gasteiger partial charge in [0.05, 0.1) is 34.1 Å². The molecule has 0 saturated carbocycles. The largest absolute Gasteiger partial charge is 0.416 e. The summed E-state index contributed by atoms with van der Waals surface area (Å²) in [4.78, 5) is 16.5. The Hall–Kier alpha value is -4.44. The van der Waals surface area contributed by atoms with Gasteiger partial charge in [-0.3, -0.25) is 4.79 Å². The maximum Gasteiger partial charge on any atom is 0.416 e. The zero-order valence-corrected chi connectivity index (χ0v) is 18.0. The molecule has 0 fully saturated rings. The Morgan fingerprint density at radius 2 is 1.79 bits per heavy atom. The smallest absolute Gasteiger partial charge is 0.354 e. The molecule has 0 saturated heterocycles. The van der Waals surface area contributed by atoms with Gasteiger partial charge in [-0.25, -0.2) is 4.98 Å². The van der Waals surface area contributed by atoms with Crippen molar-refractivity contribution in [1.82, 2.24) is 4.98 Å². The Morgan fingerprint density at radius 1 is 1.03 bits per heavy atom. The number of fused-ring (bicyclic) bond motifs is 1. The van der Waals surface area contributed by atoms with Crippen LogP contribution in [-0.4, -0.2) is 10.8 Å². The number of benzene rings is 3. The molecule has 0 spiro atoms. The van der Waals surface area contributed by atoms with E-state index >= 15 is 0 Å². The molecule has 0 aliphatic carbocycles. The van der Waals surface area contributed by atoms with Gasteiger partial charge < -0.3 is 5.32 Å². The Labute approximate surface area is 194 Å². The topological polar surface area (TPSA) is 65.8 Å². The molecule has 0 radical (unpaired) electrons. The lowest BCUT2D eigenvalue weighted by Gasteiger charge is -2.18. The number of aromatic nitrogens is 1. The molecule has 4 nitrogen and oxygen atoms in total. The predicted molar refractivity (Wildman–Crippen MR) is 126 cm³/mol. The third kappa shape index (κ3) is 4.81. The Bertz CT molecular complexity index is 1450. The van der Waals surface area contributed by atoms with Crippen molar-refractivity contribution in [3.8, 4) is 17.3 Å².